The van der Waals surface area contributed by atoms with Crippen LogP contribution in [-0.4, -0.2) is 25.4 Å². The molecular weight excluding hydrogens is 326 g/mol. The van der Waals surface area contributed by atoms with E-state index in [4.69, 9.17) is 14.2 Å². The lowest BCUT2D eigenvalue weighted by Gasteiger charge is -2.28. The van der Waals surface area contributed by atoms with Crippen LogP contribution in [0.2, 0.25) is 0 Å². The number of carbonyl (C=O) groups excluding carboxylic acids is 1. The molecule has 3 rings (SSSR count). The van der Waals surface area contributed by atoms with Crippen LogP contribution in [0, 0.1) is 0 Å². The first-order chi connectivity index (χ1) is 12.1. The van der Waals surface area contributed by atoms with Gasteiger partial charge in [-0.3, -0.25) is 5.43 Å². The Kier molecular flexibility index (Phi) is 4.51. The van der Waals surface area contributed by atoms with Gasteiger partial charge in [-0.05, 0) is 48.5 Å². The number of ether oxygens (including phenoxy) is 3. The maximum Gasteiger partial charge on any atom is 0.440 e. The average molecular weight is 343 g/mol. The molecule has 8 heteroatoms. The van der Waals surface area contributed by atoms with E-state index < -0.39 is 6.09 Å². The van der Waals surface area contributed by atoms with Crippen LogP contribution in [0.25, 0.3) is 0 Å². The van der Waals surface area contributed by atoms with Crippen molar-refractivity contribution in [1.29, 1.82) is 0 Å². The Labute approximate surface area is 144 Å². The van der Waals surface area contributed by atoms with Gasteiger partial charge in [-0.2, -0.15) is 5.01 Å². The van der Waals surface area contributed by atoms with Crippen molar-refractivity contribution in [1.82, 2.24) is 5.43 Å². The summed E-state index contributed by atoms with van der Waals surface area (Å²) in [6.07, 6.45) is -0.695. The van der Waals surface area contributed by atoms with E-state index >= 15 is 0 Å². The number of hydrogen-bond acceptors (Lipinski definition) is 7. The third-order valence-electron chi connectivity index (χ3n) is 3.48. The van der Waals surface area contributed by atoms with Crippen LogP contribution in [0.4, 0.5) is 16.2 Å². The van der Waals surface area contributed by atoms with Gasteiger partial charge in [0.05, 0.1) is 19.9 Å². The average Bonchev–Trinajstić information content (AvgIpc) is 2.65. The number of methoxy groups -OCH3 is 2. The van der Waals surface area contributed by atoms with Crippen LogP contribution in [-0.2, 0) is 4.74 Å². The molecule has 1 aliphatic rings. The van der Waals surface area contributed by atoms with Gasteiger partial charge in [0, 0.05) is 5.69 Å². The van der Waals surface area contributed by atoms with Crippen molar-refractivity contribution in [2.24, 2.45) is 0 Å². The second-order valence-corrected chi connectivity index (χ2v) is 5.04. The maximum absolute atomic E-state index is 12.2. The Balaban J connectivity index is 1.75. The molecule has 0 radical (unpaired) electrons. The minimum Gasteiger partial charge on any atom is -0.497 e. The molecule has 0 saturated heterocycles. The fourth-order valence-corrected chi connectivity index (χ4v) is 2.18. The molecule has 2 aromatic carbocycles. The highest BCUT2D eigenvalue weighted by Gasteiger charge is 2.28. The predicted molar refractivity (Wildman–Crippen MR) is 91.4 cm³/mol. The molecule has 8 nitrogen and oxygen atoms in total. The van der Waals surface area contributed by atoms with Crippen molar-refractivity contribution in [3.05, 3.63) is 60.3 Å². The zero-order valence-electron chi connectivity index (χ0n) is 13.6. The Morgan fingerprint density at radius 1 is 1.00 bits per heavy atom. The molecule has 2 aromatic rings. The Morgan fingerprint density at radius 2 is 1.56 bits per heavy atom. The minimum atomic E-state index is -0.695. The third-order valence-corrected chi connectivity index (χ3v) is 3.48. The van der Waals surface area contributed by atoms with E-state index in [9.17, 15) is 9.90 Å². The smallest absolute Gasteiger partial charge is 0.440 e. The molecule has 0 aromatic heterocycles. The summed E-state index contributed by atoms with van der Waals surface area (Å²) in [6, 6.07) is 13.6. The van der Waals surface area contributed by atoms with Crippen molar-refractivity contribution < 1.29 is 24.1 Å². The number of rotatable bonds is 5. The maximum atomic E-state index is 12.2. The van der Waals surface area contributed by atoms with Gasteiger partial charge < -0.3 is 24.6 Å². The molecule has 0 atom stereocenters. The van der Waals surface area contributed by atoms with Gasteiger partial charge in [-0.15, -0.1) is 0 Å². The van der Waals surface area contributed by atoms with Crippen molar-refractivity contribution in [3.8, 4) is 11.5 Å². The molecule has 25 heavy (non-hydrogen) atoms. The molecule has 0 saturated carbocycles. The molecule has 0 aliphatic carbocycles. The Bertz CT molecular complexity index is 787. The lowest BCUT2D eigenvalue weighted by molar-refractivity contribution is 0.158. The van der Waals surface area contributed by atoms with E-state index in [1.165, 1.54) is 0 Å². The summed E-state index contributed by atoms with van der Waals surface area (Å²) < 4.78 is 15.3. The summed E-state index contributed by atoms with van der Waals surface area (Å²) in [7, 11) is 3.12. The summed E-state index contributed by atoms with van der Waals surface area (Å²) in [5, 5.41) is 14.0. The number of hydrazine groups is 1. The van der Waals surface area contributed by atoms with Crippen molar-refractivity contribution in [3.63, 3.8) is 0 Å². The van der Waals surface area contributed by atoms with E-state index in [1.807, 2.05) is 0 Å². The second-order valence-electron chi connectivity index (χ2n) is 5.04. The van der Waals surface area contributed by atoms with Crippen LogP contribution in [0.3, 0.4) is 0 Å². The number of benzene rings is 2. The molecule has 1 aliphatic heterocycles. The zero-order chi connectivity index (χ0) is 17.8. The van der Waals surface area contributed by atoms with Crippen molar-refractivity contribution in [2.75, 3.05) is 24.5 Å². The quantitative estimate of drug-likeness (QED) is 0.768. The van der Waals surface area contributed by atoms with Crippen LogP contribution in [0.5, 0.6) is 11.5 Å². The first-order valence-corrected chi connectivity index (χ1v) is 7.37. The highest BCUT2D eigenvalue weighted by atomic mass is 16.6. The summed E-state index contributed by atoms with van der Waals surface area (Å²) in [5.74, 6) is 0.912. The fraction of sp³-hybridized carbons (Fsp3) is 0.118. The second kappa shape index (κ2) is 6.91. The first kappa shape index (κ1) is 16.3. The SMILES string of the molecule is COc1ccc(NC2=C(O)NN(c3ccc(OC)cc3)C(=O)O2)cc1. The number of aliphatic hydroxyl groups excluding tert-OH is 1. The molecule has 0 unspecified atom stereocenters. The fourth-order valence-electron chi connectivity index (χ4n) is 2.18. The standard InChI is InChI=1S/C17H17N3O5/c1-23-13-7-3-11(4-8-13)18-16-15(21)19-20(17(22)25-16)12-5-9-14(24-2)10-6-12/h3-10,18-19,21H,1-2H3. The molecular formula is C17H17N3O5. The Morgan fingerprint density at radius 3 is 2.12 bits per heavy atom. The number of aliphatic hydroxyl groups is 1. The van der Waals surface area contributed by atoms with E-state index in [1.54, 1.807) is 62.8 Å². The monoisotopic (exact) mass is 343 g/mol. The Hall–Kier alpha value is -3.55. The number of nitrogens with one attached hydrogen (secondary N) is 2. The molecule has 130 valence electrons. The highest BCUT2D eigenvalue weighted by Crippen LogP contribution is 2.24. The lowest BCUT2D eigenvalue weighted by Crippen LogP contribution is -2.48. The largest absolute Gasteiger partial charge is 0.497 e. The summed E-state index contributed by atoms with van der Waals surface area (Å²) in [6.45, 7) is 0. The van der Waals surface area contributed by atoms with Crippen LogP contribution >= 0.6 is 0 Å². The van der Waals surface area contributed by atoms with E-state index in [2.05, 4.69) is 10.7 Å². The molecule has 3 N–H and O–H groups in total. The first-order valence-electron chi connectivity index (χ1n) is 7.37. The van der Waals surface area contributed by atoms with E-state index in [0.717, 1.165) is 5.01 Å². The van der Waals surface area contributed by atoms with Gasteiger partial charge in [0.25, 0.3) is 11.8 Å². The molecule has 1 heterocycles. The van der Waals surface area contributed by atoms with Crippen LogP contribution in [0.15, 0.2) is 60.3 Å². The molecule has 0 spiro atoms. The van der Waals surface area contributed by atoms with Gasteiger partial charge in [0.1, 0.15) is 11.5 Å². The van der Waals surface area contributed by atoms with Gasteiger partial charge in [-0.25, -0.2) is 4.79 Å². The van der Waals surface area contributed by atoms with E-state index in [-0.39, 0.29) is 11.8 Å². The number of hydrogen-bond donors (Lipinski definition) is 3. The number of cyclic esters (lactones) is 1. The van der Waals surface area contributed by atoms with Gasteiger partial charge in [0.15, 0.2) is 0 Å². The zero-order valence-corrected chi connectivity index (χ0v) is 13.6. The summed E-state index contributed by atoms with van der Waals surface area (Å²) >= 11 is 0. The van der Waals surface area contributed by atoms with E-state index in [0.29, 0.717) is 22.9 Å². The van der Waals surface area contributed by atoms with Crippen LogP contribution < -0.4 is 25.2 Å². The normalized spacial score (nSPS) is 13.8. The number of anilines is 2. The minimum absolute atomic E-state index is 0.0973. The predicted octanol–water partition coefficient (Wildman–Crippen LogP) is 2.96. The van der Waals surface area contributed by atoms with Crippen molar-refractivity contribution >= 4 is 17.5 Å². The topological polar surface area (TPSA) is 92.3 Å². The van der Waals surface area contributed by atoms with Gasteiger partial charge in [-0.1, -0.05) is 0 Å². The summed E-state index contributed by atoms with van der Waals surface area (Å²) in [5.41, 5.74) is 3.69. The molecule has 0 fully saturated rings. The third kappa shape index (κ3) is 3.52. The number of nitrogens with zero attached hydrogens (tertiary/aromatic N) is 1. The van der Waals surface area contributed by atoms with Gasteiger partial charge in [0.2, 0.25) is 0 Å². The summed E-state index contributed by atoms with van der Waals surface area (Å²) in [4.78, 5) is 12.2. The molecule has 0 bridgehead atoms. The number of carbonyl (C=O) groups is 1. The van der Waals surface area contributed by atoms with Crippen LogP contribution in [0.1, 0.15) is 0 Å². The number of amides is 1. The molecule has 1 amide bonds. The van der Waals surface area contributed by atoms with Crippen molar-refractivity contribution in [2.45, 2.75) is 0 Å². The lowest BCUT2D eigenvalue weighted by atomic mass is 10.3. The van der Waals surface area contributed by atoms with Gasteiger partial charge >= 0.3 is 6.09 Å². The highest BCUT2D eigenvalue weighted by molar-refractivity contribution is 5.88.